The molecule has 0 atom stereocenters. The average Bonchev–Trinajstić information content (AvgIpc) is 2.72. The predicted molar refractivity (Wildman–Crippen MR) is 79.6 cm³/mol. The van der Waals surface area contributed by atoms with Crippen molar-refractivity contribution in [1.29, 1.82) is 0 Å². The van der Waals surface area contributed by atoms with Crippen LogP contribution in [0.5, 0.6) is 5.75 Å². The molecule has 0 aromatic heterocycles. The van der Waals surface area contributed by atoms with Gasteiger partial charge in [0.15, 0.2) is 5.96 Å². The van der Waals surface area contributed by atoms with Crippen molar-refractivity contribution >= 4 is 11.6 Å². The van der Waals surface area contributed by atoms with Crippen molar-refractivity contribution in [3.63, 3.8) is 0 Å². The van der Waals surface area contributed by atoms with Crippen LogP contribution in [0.3, 0.4) is 0 Å². The number of ether oxygens (including phenoxy) is 1. The Morgan fingerprint density at radius 2 is 1.89 bits per heavy atom. The Balaban J connectivity index is 2.08. The van der Waals surface area contributed by atoms with Crippen LogP contribution < -0.4 is 15.8 Å². The minimum atomic E-state index is 0.202. The van der Waals surface area contributed by atoms with Gasteiger partial charge in [0.25, 0.3) is 0 Å². The molecule has 1 fully saturated rings. The summed E-state index contributed by atoms with van der Waals surface area (Å²) in [5.41, 5.74) is 7.27. The molecule has 0 saturated heterocycles. The molecule has 0 amide bonds. The van der Waals surface area contributed by atoms with Gasteiger partial charge in [-0.1, -0.05) is 33.8 Å². The van der Waals surface area contributed by atoms with E-state index >= 15 is 0 Å². The van der Waals surface area contributed by atoms with Crippen LogP contribution in [0.2, 0.25) is 0 Å². The fourth-order valence-electron chi connectivity index (χ4n) is 2.50. The van der Waals surface area contributed by atoms with Crippen LogP contribution in [0.4, 0.5) is 5.69 Å². The molecule has 0 unspecified atom stereocenters. The summed E-state index contributed by atoms with van der Waals surface area (Å²) in [6.45, 7) is 8.89. The molecule has 1 aliphatic rings. The van der Waals surface area contributed by atoms with Crippen molar-refractivity contribution in [2.45, 2.75) is 33.7 Å². The number of nitrogens with zero attached hydrogens (tertiary/aromatic N) is 1. The average molecular weight is 261 g/mol. The number of hydrogen-bond donors (Lipinski definition) is 2. The molecule has 3 N–H and O–H groups in total. The van der Waals surface area contributed by atoms with Crippen molar-refractivity contribution in [2.24, 2.45) is 21.6 Å². The van der Waals surface area contributed by atoms with Crippen LogP contribution in [0.25, 0.3) is 0 Å². The maximum Gasteiger partial charge on any atom is 0.193 e. The van der Waals surface area contributed by atoms with E-state index in [-0.39, 0.29) is 16.9 Å². The lowest BCUT2D eigenvalue weighted by molar-refractivity contribution is 0.415. The first-order valence-electron chi connectivity index (χ1n) is 6.53. The molecular weight excluding hydrogens is 238 g/mol. The van der Waals surface area contributed by atoms with E-state index in [9.17, 15) is 0 Å². The highest BCUT2D eigenvalue weighted by Crippen LogP contribution is 2.64. The zero-order chi connectivity index (χ0) is 14.3. The summed E-state index contributed by atoms with van der Waals surface area (Å²) in [7, 11) is 1.64. The van der Waals surface area contributed by atoms with Gasteiger partial charge in [-0.15, -0.1) is 0 Å². The molecule has 19 heavy (non-hydrogen) atoms. The molecule has 104 valence electrons. The fourth-order valence-corrected chi connectivity index (χ4v) is 2.50. The number of anilines is 1. The van der Waals surface area contributed by atoms with Gasteiger partial charge in [-0.25, -0.2) is 4.99 Å². The quantitative estimate of drug-likeness (QED) is 0.649. The van der Waals surface area contributed by atoms with Crippen LogP contribution in [0, 0.1) is 10.8 Å². The van der Waals surface area contributed by atoms with E-state index in [2.05, 4.69) is 38.0 Å². The predicted octanol–water partition coefficient (Wildman–Crippen LogP) is 2.86. The third-order valence-electron chi connectivity index (χ3n) is 4.55. The highest BCUT2D eigenvalue weighted by atomic mass is 16.5. The number of nitrogens with two attached hydrogens (primary N) is 1. The Hall–Kier alpha value is -1.71. The molecule has 4 nitrogen and oxygen atoms in total. The maximum absolute atomic E-state index is 5.98. The van der Waals surface area contributed by atoms with Crippen LogP contribution >= 0.6 is 0 Å². The van der Waals surface area contributed by atoms with Crippen LogP contribution in [-0.4, -0.2) is 19.1 Å². The number of aliphatic imine (C=N–C) groups is 1. The molecule has 2 rings (SSSR count). The Morgan fingerprint density at radius 1 is 1.26 bits per heavy atom. The summed E-state index contributed by atoms with van der Waals surface area (Å²) >= 11 is 0. The number of methoxy groups -OCH3 is 1. The second-order valence-corrected chi connectivity index (χ2v) is 6.22. The Kier molecular flexibility index (Phi) is 3.20. The third kappa shape index (κ3) is 2.39. The third-order valence-corrected chi connectivity index (χ3v) is 4.55. The molecule has 0 spiro atoms. The highest BCUT2D eigenvalue weighted by molar-refractivity contribution is 5.92. The molecule has 1 aromatic carbocycles. The van der Waals surface area contributed by atoms with E-state index in [0.717, 1.165) is 11.4 Å². The van der Waals surface area contributed by atoms with Gasteiger partial charge in [-0.2, -0.15) is 0 Å². The molecule has 0 radical (unpaired) electrons. The summed E-state index contributed by atoms with van der Waals surface area (Å²) in [5.74, 6) is 1.25. The van der Waals surface area contributed by atoms with E-state index < -0.39 is 0 Å². The largest absolute Gasteiger partial charge is 0.497 e. The number of nitrogens with one attached hydrogen (secondary N) is 1. The molecule has 0 bridgehead atoms. The van der Waals surface area contributed by atoms with Crippen molar-refractivity contribution in [3.8, 4) is 5.75 Å². The number of guanidine groups is 1. The summed E-state index contributed by atoms with van der Waals surface area (Å²) in [4.78, 5) is 4.59. The van der Waals surface area contributed by atoms with Crippen LogP contribution in [0.15, 0.2) is 29.3 Å². The van der Waals surface area contributed by atoms with Gasteiger partial charge in [0.2, 0.25) is 0 Å². The molecule has 0 heterocycles. The first-order chi connectivity index (χ1) is 8.79. The minimum Gasteiger partial charge on any atom is -0.497 e. The van der Waals surface area contributed by atoms with Gasteiger partial charge in [0, 0.05) is 11.8 Å². The second-order valence-electron chi connectivity index (χ2n) is 6.22. The highest BCUT2D eigenvalue weighted by Gasteiger charge is 2.65. The first-order valence-corrected chi connectivity index (χ1v) is 6.53. The van der Waals surface area contributed by atoms with Gasteiger partial charge in [0.1, 0.15) is 5.75 Å². The minimum absolute atomic E-state index is 0.202. The van der Waals surface area contributed by atoms with Gasteiger partial charge in [-0.05, 0) is 23.0 Å². The molecule has 4 heteroatoms. The Bertz CT molecular complexity index is 492. The topological polar surface area (TPSA) is 59.6 Å². The van der Waals surface area contributed by atoms with Gasteiger partial charge in [0.05, 0.1) is 13.2 Å². The zero-order valence-electron chi connectivity index (χ0n) is 12.3. The van der Waals surface area contributed by atoms with Crippen molar-refractivity contribution in [1.82, 2.24) is 0 Å². The first kappa shape index (κ1) is 13.7. The van der Waals surface area contributed by atoms with Crippen molar-refractivity contribution in [2.75, 3.05) is 12.4 Å². The fraction of sp³-hybridized carbons (Fsp3) is 0.533. The lowest BCUT2D eigenvalue weighted by atomic mass is 10.0. The normalized spacial score (nSPS) is 21.0. The van der Waals surface area contributed by atoms with Gasteiger partial charge >= 0.3 is 0 Å². The molecular formula is C15H23N3O. The van der Waals surface area contributed by atoms with E-state index in [0.29, 0.717) is 5.96 Å². The summed E-state index contributed by atoms with van der Waals surface area (Å²) < 4.78 is 5.18. The van der Waals surface area contributed by atoms with Crippen molar-refractivity contribution in [3.05, 3.63) is 24.3 Å². The van der Waals surface area contributed by atoms with Crippen LogP contribution in [-0.2, 0) is 0 Å². The number of rotatable bonds is 3. The van der Waals surface area contributed by atoms with E-state index in [1.54, 1.807) is 7.11 Å². The lowest BCUT2D eigenvalue weighted by Crippen LogP contribution is -2.23. The van der Waals surface area contributed by atoms with Crippen molar-refractivity contribution < 1.29 is 4.74 Å². The van der Waals surface area contributed by atoms with E-state index in [1.165, 1.54) is 0 Å². The SMILES string of the molecule is COc1cccc(NC(N)=NC2C(C)(C)C2(C)C)c1. The molecule has 0 aliphatic heterocycles. The molecule has 1 saturated carbocycles. The van der Waals surface area contributed by atoms with Gasteiger partial charge < -0.3 is 15.8 Å². The number of hydrogen-bond acceptors (Lipinski definition) is 2. The second kappa shape index (κ2) is 4.44. The summed E-state index contributed by atoms with van der Waals surface area (Å²) in [6.07, 6.45) is 0. The van der Waals surface area contributed by atoms with E-state index in [4.69, 9.17) is 10.5 Å². The van der Waals surface area contributed by atoms with Gasteiger partial charge in [-0.3, -0.25) is 0 Å². The smallest absolute Gasteiger partial charge is 0.193 e. The molecule has 1 aromatic rings. The monoisotopic (exact) mass is 261 g/mol. The molecule has 1 aliphatic carbocycles. The standard InChI is InChI=1S/C15H23N3O/c1-14(2)12(15(14,3)4)18-13(16)17-10-7-6-8-11(9-10)19-5/h6-9,12H,1-5H3,(H3,16,17,18). The maximum atomic E-state index is 5.98. The van der Waals surface area contributed by atoms with Crippen LogP contribution in [0.1, 0.15) is 27.7 Å². The zero-order valence-corrected chi connectivity index (χ0v) is 12.3. The Morgan fingerprint density at radius 3 is 2.42 bits per heavy atom. The summed E-state index contributed by atoms with van der Waals surface area (Å²) in [5, 5.41) is 3.11. The summed E-state index contributed by atoms with van der Waals surface area (Å²) in [6, 6.07) is 7.91. The Labute approximate surface area is 115 Å². The number of benzene rings is 1. The lowest BCUT2D eigenvalue weighted by Gasteiger charge is -2.07. The van der Waals surface area contributed by atoms with E-state index in [1.807, 2.05) is 24.3 Å².